The minimum Gasteiger partial charge on any atom is -0.372 e. The molecule has 0 amide bonds. The van der Waals surface area contributed by atoms with E-state index < -0.39 is 0 Å². The second-order valence-corrected chi connectivity index (χ2v) is 4.57. The summed E-state index contributed by atoms with van der Waals surface area (Å²) in [5.41, 5.74) is 1.34. The molecule has 1 aromatic rings. The molecule has 0 aliphatic rings. The first-order valence-electron chi connectivity index (χ1n) is 6.76. The lowest BCUT2D eigenvalue weighted by atomic mass is 10.2. The van der Waals surface area contributed by atoms with Crippen LogP contribution in [0.15, 0.2) is 30.3 Å². The predicted octanol–water partition coefficient (Wildman–Crippen LogP) is 3.24. The molecule has 0 spiro atoms. The van der Waals surface area contributed by atoms with E-state index in [1.807, 2.05) is 0 Å². The van der Waals surface area contributed by atoms with Gasteiger partial charge in [-0.1, -0.05) is 25.1 Å². The maximum Gasteiger partial charge on any atom is 0.0366 e. The Morgan fingerprint density at radius 1 is 0.941 bits per heavy atom. The number of hydrogen-bond donors (Lipinski definition) is 0. The summed E-state index contributed by atoms with van der Waals surface area (Å²) in [5.74, 6) is 0. The first-order valence-corrected chi connectivity index (χ1v) is 6.76. The summed E-state index contributed by atoms with van der Waals surface area (Å²) in [6.07, 6.45) is 2.48. The fraction of sp³-hybridized carbons (Fsp3) is 0.600. The molecule has 0 fully saturated rings. The van der Waals surface area contributed by atoms with E-state index in [1.54, 1.807) is 0 Å². The molecule has 0 heterocycles. The van der Waals surface area contributed by atoms with Gasteiger partial charge in [-0.15, -0.1) is 0 Å². The molecule has 17 heavy (non-hydrogen) atoms. The van der Waals surface area contributed by atoms with Crippen molar-refractivity contribution in [2.24, 2.45) is 0 Å². The van der Waals surface area contributed by atoms with Crippen molar-refractivity contribution in [1.82, 2.24) is 4.90 Å². The molecule has 0 aliphatic heterocycles. The van der Waals surface area contributed by atoms with Gasteiger partial charge < -0.3 is 9.80 Å². The van der Waals surface area contributed by atoms with E-state index in [-0.39, 0.29) is 0 Å². The van der Waals surface area contributed by atoms with Crippen LogP contribution in [0, 0.1) is 0 Å². The van der Waals surface area contributed by atoms with E-state index in [2.05, 4.69) is 61.0 Å². The molecule has 0 atom stereocenters. The molecule has 0 radical (unpaired) electrons. The van der Waals surface area contributed by atoms with Crippen LogP contribution < -0.4 is 4.90 Å². The number of nitrogens with zero attached hydrogens (tertiary/aromatic N) is 2. The predicted molar refractivity (Wildman–Crippen MR) is 76.7 cm³/mol. The molecule has 2 heteroatoms. The summed E-state index contributed by atoms with van der Waals surface area (Å²) in [5, 5.41) is 0. The molecule has 0 N–H and O–H groups in total. The topological polar surface area (TPSA) is 6.48 Å². The van der Waals surface area contributed by atoms with Gasteiger partial charge in [0, 0.05) is 18.8 Å². The maximum atomic E-state index is 2.44. The molecule has 0 aromatic heterocycles. The van der Waals surface area contributed by atoms with Gasteiger partial charge in [-0.3, -0.25) is 0 Å². The van der Waals surface area contributed by atoms with Crippen molar-refractivity contribution in [2.45, 2.75) is 26.7 Å². The Morgan fingerprint density at radius 3 is 2.24 bits per heavy atom. The highest BCUT2D eigenvalue weighted by molar-refractivity contribution is 5.45. The smallest absolute Gasteiger partial charge is 0.0366 e. The SMILES string of the molecule is CCCN(C)CCCN(CC)c1ccccc1. The number of anilines is 1. The van der Waals surface area contributed by atoms with E-state index in [9.17, 15) is 0 Å². The Kier molecular flexibility index (Phi) is 6.71. The van der Waals surface area contributed by atoms with Gasteiger partial charge in [-0.25, -0.2) is 0 Å². The second-order valence-electron chi connectivity index (χ2n) is 4.57. The summed E-state index contributed by atoms with van der Waals surface area (Å²) in [6.45, 7) is 9.09. The number of hydrogen-bond acceptors (Lipinski definition) is 2. The van der Waals surface area contributed by atoms with Crippen molar-refractivity contribution in [3.63, 3.8) is 0 Å². The van der Waals surface area contributed by atoms with Gasteiger partial charge in [0.1, 0.15) is 0 Å². The molecule has 0 aliphatic carbocycles. The van der Waals surface area contributed by atoms with Gasteiger partial charge >= 0.3 is 0 Å². The molecule has 1 rings (SSSR count). The third-order valence-corrected chi connectivity index (χ3v) is 3.08. The molecule has 0 bridgehead atoms. The van der Waals surface area contributed by atoms with E-state index in [4.69, 9.17) is 0 Å². The minimum absolute atomic E-state index is 1.08. The summed E-state index contributed by atoms with van der Waals surface area (Å²) < 4.78 is 0. The van der Waals surface area contributed by atoms with Crippen molar-refractivity contribution in [2.75, 3.05) is 38.1 Å². The van der Waals surface area contributed by atoms with Gasteiger partial charge in [0.05, 0.1) is 0 Å². The Hall–Kier alpha value is -1.02. The van der Waals surface area contributed by atoms with Crippen molar-refractivity contribution < 1.29 is 0 Å². The van der Waals surface area contributed by atoms with Crippen LogP contribution in [0.4, 0.5) is 5.69 Å². The van der Waals surface area contributed by atoms with Crippen LogP contribution in [0.2, 0.25) is 0 Å². The number of rotatable bonds is 8. The van der Waals surface area contributed by atoms with Crippen LogP contribution >= 0.6 is 0 Å². The monoisotopic (exact) mass is 234 g/mol. The van der Waals surface area contributed by atoms with E-state index in [1.165, 1.54) is 31.6 Å². The third kappa shape index (κ3) is 5.22. The standard InChI is InChI=1S/C15H26N2/c1-4-12-16(3)13-9-14-17(5-2)15-10-7-6-8-11-15/h6-8,10-11H,4-5,9,12-14H2,1-3H3. The van der Waals surface area contributed by atoms with Crippen LogP contribution in [0.3, 0.4) is 0 Å². The van der Waals surface area contributed by atoms with Crippen LogP contribution in [0.25, 0.3) is 0 Å². The second kappa shape index (κ2) is 8.13. The molecule has 0 saturated carbocycles. The van der Waals surface area contributed by atoms with Crippen molar-refractivity contribution in [3.05, 3.63) is 30.3 Å². The Balaban J connectivity index is 2.33. The zero-order valence-electron chi connectivity index (χ0n) is 11.5. The quantitative estimate of drug-likeness (QED) is 0.681. The van der Waals surface area contributed by atoms with Gasteiger partial charge in [-0.2, -0.15) is 0 Å². The highest BCUT2D eigenvalue weighted by Gasteiger charge is 2.03. The van der Waals surface area contributed by atoms with Crippen LogP contribution in [0.1, 0.15) is 26.7 Å². The molecule has 2 nitrogen and oxygen atoms in total. The molecular weight excluding hydrogens is 208 g/mol. The fourth-order valence-electron chi connectivity index (χ4n) is 2.13. The molecule has 1 aromatic carbocycles. The lowest BCUT2D eigenvalue weighted by Crippen LogP contribution is -2.28. The lowest BCUT2D eigenvalue weighted by Gasteiger charge is -2.24. The summed E-state index contributed by atoms with van der Waals surface area (Å²) in [6, 6.07) is 10.7. The largest absolute Gasteiger partial charge is 0.372 e. The van der Waals surface area contributed by atoms with Crippen molar-refractivity contribution in [3.8, 4) is 0 Å². The highest BCUT2D eigenvalue weighted by atomic mass is 15.1. The normalized spacial score (nSPS) is 10.8. The maximum absolute atomic E-state index is 2.44. The van der Waals surface area contributed by atoms with Gasteiger partial charge in [0.25, 0.3) is 0 Å². The summed E-state index contributed by atoms with van der Waals surface area (Å²) in [4.78, 5) is 4.86. The molecule has 0 unspecified atom stereocenters. The van der Waals surface area contributed by atoms with E-state index in [0.717, 1.165) is 13.1 Å². The Morgan fingerprint density at radius 2 is 1.65 bits per heavy atom. The van der Waals surface area contributed by atoms with E-state index in [0.29, 0.717) is 0 Å². The van der Waals surface area contributed by atoms with E-state index >= 15 is 0 Å². The first-order chi connectivity index (χ1) is 8.27. The van der Waals surface area contributed by atoms with Gasteiger partial charge in [0.2, 0.25) is 0 Å². The summed E-state index contributed by atoms with van der Waals surface area (Å²) in [7, 11) is 2.21. The Labute approximate surface area is 106 Å². The zero-order valence-corrected chi connectivity index (χ0v) is 11.5. The lowest BCUT2D eigenvalue weighted by molar-refractivity contribution is 0.331. The van der Waals surface area contributed by atoms with Crippen LogP contribution in [-0.4, -0.2) is 38.1 Å². The van der Waals surface area contributed by atoms with Crippen LogP contribution in [0.5, 0.6) is 0 Å². The average Bonchev–Trinajstić information content (AvgIpc) is 2.36. The Bertz CT molecular complexity index is 284. The molecule has 0 saturated heterocycles. The van der Waals surface area contributed by atoms with Crippen molar-refractivity contribution >= 4 is 5.69 Å². The number of para-hydroxylation sites is 1. The summed E-state index contributed by atoms with van der Waals surface area (Å²) >= 11 is 0. The highest BCUT2D eigenvalue weighted by Crippen LogP contribution is 2.12. The van der Waals surface area contributed by atoms with Gasteiger partial charge in [-0.05, 0) is 52.0 Å². The number of benzene rings is 1. The van der Waals surface area contributed by atoms with Crippen LogP contribution in [-0.2, 0) is 0 Å². The van der Waals surface area contributed by atoms with Crippen molar-refractivity contribution in [1.29, 1.82) is 0 Å². The first kappa shape index (κ1) is 14.0. The molecule has 96 valence electrons. The zero-order chi connectivity index (χ0) is 12.5. The third-order valence-electron chi connectivity index (χ3n) is 3.08. The minimum atomic E-state index is 1.08. The average molecular weight is 234 g/mol. The fourth-order valence-corrected chi connectivity index (χ4v) is 2.13. The molecular formula is C15H26N2. The van der Waals surface area contributed by atoms with Gasteiger partial charge in [0.15, 0.2) is 0 Å².